The lowest BCUT2D eigenvalue weighted by molar-refractivity contribution is -0.117. The van der Waals surface area contributed by atoms with Gasteiger partial charge in [-0.25, -0.2) is 4.79 Å². The Morgan fingerprint density at radius 2 is 1.85 bits per heavy atom. The van der Waals surface area contributed by atoms with Crippen LogP contribution < -0.4 is 10.6 Å². The van der Waals surface area contributed by atoms with Crippen molar-refractivity contribution in [1.82, 2.24) is 10.2 Å². The summed E-state index contributed by atoms with van der Waals surface area (Å²) in [6, 6.07) is 13.0. The van der Waals surface area contributed by atoms with Gasteiger partial charge in [0, 0.05) is 30.9 Å². The molecule has 0 spiro atoms. The number of anilines is 1. The minimum absolute atomic E-state index is 0.0752. The van der Waals surface area contributed by atoms with Crippen molar-refractivity contribution in [2.45, 2.75) is 25.8 Å². The fraction of sp³-hybridized carbons (Fsp3) is 0.300. The fourth-order valence-corrected chi connectivity index (χ4v) is 2.90. The number of carbonyl (C=O) groups is 2. The molecular formula is C20H23N3O3. The molecule has 136 valence electrons. The van der Waals surface area contributed by atoms with Gasteiger partial charge in [-0.2, -0.15) is 0 Å². The molecule has 1 aliphatic rings. The van der Waals surface area contributed by atoms with E-state index in [0.717, 1.165) is 24.3 Å². The quantitative estimate of drug-likeness (QED) is 0.827. The molecule has 1 fully saturated rings. The highest BCUT2D eigenvalue weighted by atomic mass is 16.3. The third-order valence-corrected chi connectivity index (χ3v) is 4.31. The van der Waals surface area contributed by atoms with Crippen LogP contribution in [0.4, 0.5) is 10.5 Å². The van der Waals surface area contributed by atoms with E-state index >= 15 is 0 Å². The smallest absolute Gasteiger partial charge is 0.321 e. The number of nitrogens with one attached hydrogen (secondary N) is 2. The molecule has 1 aromatic heterocycles. The van der Waals surface area contributed by atoms with Crippen molar-refractivity contribution >= 4 is 23.7 Å². The molecule has 26 heavy (non-hydrogen) atoms. The first kappa shape index (κ1) is 17.8. The van der Waals surface area contributed by atoms with Crippen LogP contribution in [0, 0.1) is 6.92 Å². The minimum atomic E-state index is -0.147. The topological polar surface area (TPSA) is 74.6 Å². The first-order valence-corrected chi connectivity index (χ1v) is 8.76. The summed E-state index contributed by atoms with van der Waals surface area (Å²) < 4.78 is 5.40. The van der Waals surface area contributed by atoms with Crippen molar-refractivity contribution in [2.75, 3.05) is 18.4 Å². The number of para-hydroxylation sites is 1. The molecule has 2 N–H and O–H groups in total. The molecule has 3 rings (SSSR count). The monoisotopic (exact) mass is 353 g/mol. The van der Waals surface area contributed by atoms with Gasteiger partial charge in [0.1, 0.15) is 11.5 Å². The first-order valence-electron chi connectivity index (χ1n) is 8.76. The lowest BCUT2D eigenvalue weighted by Gasteiger charge is -2.32. The lowest BCUT2D eigenvalue weighted by atomic mass is 10.1. The average Bonchev–Trinajstić information content (AvgIpc) is 3.07. The van der Waals surface area contributed by atoms with Crippen LogP contribution in [0.3, 0.4) is 0 Å². The van der Waals surface area contributed by atoms with E-state index in [2.05, 4.69) is 10.6 Å². The number of hydrogen-bond donors (Lipinski definition) is 2. The van der Waals surface area contributed by atoms with E-state index in [1.54, 1.807) is 11.0 Å². The standard InChI is InChI=1S/C20H23N3O3/c1-15-7-8-18(26-15)9-10-19(24)21-17-11-13-23(14-12-17)20(25)22-16-5-3-2-4-6-16/h2-10,17H,11-14H2,1H3,(H,21,24)(H,22,25)/b10-9+. The van der Waals surface area contributed by atoms with Crippen molar-refractivity contribution < 1.29 is 14.0 Å². The summed E-state index contributed by atoms with van der Waals surface area (Å²) in [7, 11) is 0. The molecule has 2 aromatic rings. The van der Waals surface area contributed by atoms with Gasteiger partial charge in [-0.05, 0) is 50.1 Å². The van der Waals surface area contributed by atoms with E-state index in [9.17, 15) is 9.59 Å². The molecule has 0 unspecified atom stereocenters. The number of rotatable bonds is 4. The number of benzene rings is 1. The van der Waals surface area contributed by atoms with Crippen LogP contribution in [0.15, 0.2) is 53.0 Å². The van der Waals surface area contributed by atoms with E-state index in [-0.39, 0.29) is 18.0 Å². The number of hydrogen-bond acceptors (Lipinski definition) is 3. The van der Waals surface area contributed by atoms with Crippen LogP contribution in [0.1, 0.15) is 24.4 Å². The summed E-state index contributed by atoms with van der Waals surface area (Å²) in [6.07, 6.45) is 4.61. The number of aryl methyl sites for hydroxylation is 1. The van der Waals surface area contributed by atoms with Crippen molar-refractivity contribution in [2.24, 2.45) is 0 Å². The Morgan fingerprint density at radius 3 is 2.50 bits per heavy atom. The second-order valence-corrected chi connectivity index (χ2v) is 6.35. The van der Waals surface area contributed by atoms with Crippen LogP contribution >= 0.6 is 0 Å². The van der Waals surface area contributed by atoms with E-state index < -0.39 is 0 Å². The van der Waals surface area contributed by atoms with Gasteiger partial charge in [-0.15, -0.1) is 0 Å². The number of furan rings is 1. The fourth-order valence-electron chi connectivity index (χ4n) is 2.90. The largest absolute Gasteiger partial charge is 0.462 e. The van der Waals surface area contributed by atoms with Crippen molar-refractivity contribution in [1.29, 1.82) is 0 Å². The molecular weight excluding hydrogens is 330 g/mol. The molecule has 0 aliphatic carbocycles. The molecule has 2 heterocycles. The van der Waals surface area contributed by atoms with Crippen LogP contribution in [-0.2, 0) is 4.79 Å². The van der Waals surface area contributed by atoms with Gasteiger partial charge in [-0.1, -0.05) is 18.2 Å². The maximum Gasteiger partial charge on any atom is 0.321 e. The maximum atomic E-state index is 12.3. The lowest BCUT2D eigenvalue weighted by Crippen LogP contribution is -2.47. The normalized spacial score (nSPS) is 15.2. The Kier molecular flexibility index (Phi) is 5.73. The number of likely N-dealkylation sites (tertiary alicyclic amines) is 1. The molecule has 1 aromatic carbocycles. The highest BCUT2D eigenvalue weighted by Gasteiger charge is 2.23. The first-order chi connectivity index (χ1) is 12.6. The second-order valence-electron chi connectivity index (χ2n) is 6.35. The van der Waals surface area contributed by atoms with E-state index in [4.69, 9.17) is 4.42 Å². The van der Waals surface area contributed by atoms with Gasteiger partial charge in [0.05, 0.1) is 0 Å². The number of amides is 3. The zero-order chi connectivity index (χ0) is 18.4. The van der Waals surface area contributed by atoms with E-state index in [1.165, 1.54) is 6.08 Å². The summed E-state index contributed by atoms with van der Waals surface area (Å²) in [5, 5.41) is 5.87. The van der Waals surface area contributed by atoms with Gasteiger partial charge in [0.2, 0.25) is 5.91 Å². The molecule has 6 nitrogen and oxygen atoms in total. The van der Waals surface area contributed by atoms with Crippen LogP contribution in [0.25, 0.3) is 6.08 Å². The Morgan fingerprint density at radius 1 is 1.12 bits per heavy atom. The molecule has 1 aliphatic heterocycles. The predicted molar refractivity (Wildman–Crippen MR) is 101 cm³/mol. The number of nitrogens with zero attached hydrogens (tertiary/aromatic N) is 1. The predicted octanol–water partition coefficient (Wildman–Crippen LogP) is 3.41. The summed E-state index contributed by atoms with van der Waals surface area (Å²) >= 11 is 0. The van der Waals surface area contributed by atoms with Gasteiger partial charge in [0.25, 0.3) is 0 Å². The summed E-state index contributed by atoms with van der Waals surface area (Å²) in [5.41, 5.74) is 0.784. The van der Waals surface area contributed by atoms with Crippen LogP contribution in [0.5, 0.6) is 0 Å². The van der Waals surface area contributed by atoms with Crippen molar-refractivity contribution in [3.05, 3.63) is 60.1 Å². The SMILES string of the molecule is Cc1ccc(/C=C/C(=O)NC2CCN(C(=O)Nc3ccccc3)CC2)o1. The van der Waals surface area contributed by atoms with E-state index in [1.807, 2.05) is 49.4 Å². The van der Waals surface area contributed by atoms with Gasteiger partial charge < -0.3 is 20.0 Å². The maximum absolute atomic E-state index is 12.3. The van der Waals surface area contributed by atoms with Crippen LogP contribution in [-0.4, -0.2) is 36.0 Å². The Hall–Kier alpha value is -3.02. The average molecular weight is 353 g/mol. The molecule has 1 saturated heterocycles. The van der Waals surface area contributed by atoms with Gasteiger partial charge >= 0.3 is 6.03 Å². The van der Waals surface area contributed by atoms with Gasteiger partial charge in [-0.3, -0.25) is 4.79 Å². The summed E-state index contributed by atoms with van der Waals surface area (Å²) in [5.74, 6) is 1.32. The second kappa shape index (κ2) is 8.38. The molecule has 3 amide bonds. The zero-order valence-electron chi connectivity index (χ0n) is 14.8. The molecule has 0 saturated carbocycles. The van der Waals surface area contributed by atoms with Gasteiger partial charge in [0.15, 0.2) is 0 Å². The number of piperidine rings is 1. The molecule has 0 bridgehead atoms. The molecule has 0 radical (unpaired) electrons. The van der Waals surface area contributed by atoms with Crippen molar-refractivity contribution in [3.63, 3.8) is 0 Å². The third kappa shape index (κ3) is 4.99. The zero-order valence-corrected chi connectivity index (χ0v) is 14.8. The Bertz CT molecular complexity index is 775. The van der Waals surface area contributed by atoms with Crippen LogP contribution in [0.2, 0.25) is 0 Å². The Balaban J connectivity index is 1.42. The summed E-state index contributed by atoms with van der Waals surface area (Å²) in [6.45, 7) is 3.09. The highest BCUT2D eigenvalue weighted by molar-refractivity contribution is 5.91. The summed E-state index contributed by atoms with van der Waals surface area (Å²) in [4.78, 5) is 26.1. The third-order valence-electron chi connectivity index (χ3n) is 4.31. The Labute approximate surface area is 152 Å². The number of urea groups is 1. The minimum Gasteiger partial charge on any atom is -0.462 e. The van der Waals surface area contributed by atoms with E-state index in [0.29, 0.717) is 18.8 Å². The number of carbonyl (C=O) groups excluding carboxylic acids is 2. The molecule has 6 heteroatoms. The highest BCUT2D eigenvalue weighted by Crippen LogP contribution is 2.13. The molecule has 0 atom stereocenters. The van der Waals surface area contributed by atoms with Crippen molar-refractivity contribution in [3.8, 4) is 0 Å².